The summed E-state index contributed by atoms with van der Waals surface area (Å²) in [6, 6.07) is 19.1. The van der Waals surface area contributed by atoms with E-state index in [0.29, 0.717) is 40.6 Å². The third kappa shape index (κ3) is 4.64. The van der Waals surface area contributed by atoms with Gasteiger partial charge in [-0.2, -0.15) is 0 Å². The summed E-state index contributed by atoms with van der Waals surface area (Å²) in [4.78, 5) is 39.3. The Labute approximate surface area is 190 Å². The number of carbonyl (C=O) groups is 3. The summed E-state index contributed by atoms with van der Waals surface area (Å²) in [6.45, 7) is 0.646. The van der Waals surface area contributed by atoms with E-state index in [1.807, 2.05) is 24.3 Å². The van der Waals surface area contributed by atoms with E-state index >= 15 is 0 Å². The monoisotopic (exact) mass is 448 g/mol. The van der Waals surface area contributed by atoms with Crippen molar-refractivity contribution < 1.29 is 14.4 Å². The molecular formula is C24H21ClN4O3. The molecule has 1 aliphatic rings. The third-order valence-corrected chi connectivity index (χ3v) is 5.36. The second-order valence-electron chi connectivity index (χ2n) is 7.39. The van der Waals surface area contributed by atoms with Crippen molar-refractivity contribution in [3.05, 3.63) is 94.0 Å². The molecule has 0 radical (unpaired) electrons. The van der Waals surface area contributed by atoms with E-state index in [1.54, 1.807) is 42.5 Å². The Bertz CT molecular complexity index is 1210. The summed E-state index contributed by atoms with van der Waals surface area (Å²) >= 11 is 6.00. The van der Waals surface area contributed by atoms with Crippen LogP contribution in [0.3, 0.4) is 0 Å². The van der Waals surface area contributed by atoms with Crippen LogP contribution < -0.4 is 21.3 Å². The lowest BCUT2D eigenvalue weighted by atomic mass is 10.1. The summed E-state index contributed by atoms with van der Waals surface area (Å²) in [5.41, 5.74) is 9.24. The first kappa shape index (κ1) is 21.5. The lowest BCUT2D eigenvalue weighted by Gasteiger charge is -2.29. The first-order valence-corrected chi connectivity index (χ1v) is 10.4. The van der Waals surface area contributed by atoms with E-state index in [-0.39, 0.29) is 24.3 Å². The van der Waals surface area contributed by atoms with Gasteiger partial charge in [-0.3, -0.25) is 19.3 Å². The zero-order chi connectivity index (χ0) is 22.7. The number of fused-ring (bicyclic) bond motifs is 1. The maximum absolute atomic E-state index is 13.0. The quantitative estimate of drug-likeness (QED) is 0.556. The smallest absolute Gasteiger partial charge is 0.258 e. The van der Waals surface area contributed by atoms with Crippen LogP contribution in [0.25, 0.3) is 0 Å². The van der Waals surface area contributed by atoms with E-state index in [2.05, 4.69) is 10.6 Å². The van der Waals surface area contributed by atoms with Crippen LogP contribution in [-0.4, -0.2) is 24.3 Å². The van der Waals surface area contributed by atoms with Crippen LogP contribution in [0, 0.1) is 0 Å². The van der Waals surface area contributed by atoms with Gasteiger partial charge in [-0.25, -0.2) is 0 Å². The Balaban J connectivity index is 1.54. The van der Waals surface area contributed by atoms with Crippen molar-refractivity contribution in [2.45, 2.75) is 13.1 Å². The summed E-state index contributed by atoms with van der Waals surface area (Å²) in [5, 5.41) is 6.03. The maximum atomic E-state index is 13.0. The number of benzene rings is 3. The van der Waals surface area contributed by atoms with Gasteiger partial charge < -0.3 is 16.4 Å². The summed E-state index contributed by atoms with van der Waals surface area (Å²) < 4.78 is 0. The lowest BCUT2D eigenvalue weighted by molar-refractivity contribution is -0.115. The first-order valence-electron chi connectivity index (χ1n) is 10.0. The van der Waals surface area contributed by atoms with E-state index in [9.17, 15) is 14.4 Å². The molecule has 7 nitrogen and oxygen atoms in total. The van der Waals surface area contributed by atoms with Gasteiger partial charge in [0, 0.05) is 29.2 Å². The van der Waals surface area contributed by atoms with Gasteiger partial charge in [0.25, 0.3) is 11.8 Å². The SMILES string of the molecule is NCc1cccc(CNC(=O)c2ccc3c(c2)NC(=O)CN3C(=O)c2cccc(Cl)c2)c1. The molecule has 1 heterocycles. The molecule has 0 unspecified atom stereocenters. The average molecular weight is 449 g/mol. The Hall–Kier alpha value is -3.68. The number of carbonyl (C=O) groups excluding carboxylic acids is 3. The number of nitrogens with two attached hydrogens (primary N) is 1. The minimum Gasteiger partial charge on any atom is -0.348 e. The van der Waals surface area contributed by atoms with Crippen molar-refractivity contribution >= 4 is 40.7 Å². The lowest BCUT2D eigenvalue weighted by Crippen LogP contribution is -2.42. The minimum absolute atomic E-state index is 0.124. The van der Waals surface area contributed by atoms with Gasteiger partial charge in [0.05, 0.1) is 11.4 Å². The molecule has 0 aromatic heterocycles. The maximum Gasteiger partial charge on any atom is 0.258 e. The van der Waals surface area contributed by atoms with Gasteiger partial charge in [-0.1, -0.05) is 41.9 Å². The van der Waals surface area contributed by atoms with Crippen molar-refractivity contribution in [1.82, 2.24) is 5.32 Å². The molecule has 8 heteroatoms. The molecule has 162 valence electrons. The third-order valence-electron chi connectivity index (χ3n) is 5.12. The first-order chi connectivity index (χ1) is 15.4. The van der Waals surface area contributed by atoms with E-state index in [4.69, 9.17) is 17.3 Å². The molecule has 0 atom stereocenters. The van der Waals surface area contributed by atoms with Crippen LogP contribution in [0.2, 0.25) is 5.02 Å². The highest BCUT2D eigenvalue weighted by Gasteiger charge is 2.28. The predicted octanol–water partition coefficient (Wildman–Crippen LogP) is 3.33. The van der Waals surface area contributed by atoms with Crippen LogP contribution in [-0.2, 0) is 17.9 Å². The number of hydrogen-bond donors (Lipinski definition) is 3. The summed E-state index contributed by atoms with van der Waals surface area (Å²) in [7, 11) is 0. The number of amides is 3. The summed E-state index contributed by atoms with van der Waals surface area (Å²) in [6.07, 6.45) is 0. The van der Waals surface area contributed by atoms with Gasteiger partial charge in [0.15, 0.2) is 0 Å². The fourth-order valence-corrected chi connectivity index (χ4v) is 3.73. The number of anilines is 2. The largest absolute Gasteiger partial charge is 0.348 e. The number of hydrogen-bond acceptors (Lipinski definition) is 4. The minimum atomic E-state index is -0.347. The number of rotatable bonds is 5. The molecule has 4 rings (SSSR count). The molecule has 0 saturated heterocycles. The van der Waals surface area contributed by atoms with Crippen LogP contribution >= 0.6 is 11.6 Å². The average Bonchev–Trinajstić information content (AvgIpc) is 2.81. The van der Waals surface area contributed by atoms with Crippen molar-refractivity contribution in [1.29, 1.82) is 0 Å². The Morgan fingerprint density at radius 2 is 1.78 bits per heavy atom. The van der Waals surface area contributed by atoms with Crippen molar-refractivity contribution in [3.8, 4) is 0 Å². The Morgan fingerprint density at radius 3 is 2.56 bits per heavy atom. The van der Waals surface area contributed by atoms with Crippen LogP contribution in [0.4, 0.5) is 11.4 Å². The molecular weight excluding hydrogens is 428 g/mol. The topological polar surface area (TPSA) is 105 Å². The van der Waals surface area contributed by atoms with Crippen LogP contribution in [0.15, 0.2) is 66.7 Å². The fourth-order valence-electron chi connectivity index (χ4n) is 3.54. The molecule has 32 heavy (non-hydrogen) atoms. The van der Waals surface area contributed by atoms with E-state index in [1.165, 1.54) is 4.90 Å². The van der Waals surface area contributed by atoms with Gasteiger partial charge in [-0.15, -0.1) is 0 Å². The molecule has 0 aliphatic carbocycles. The molecule has 0 fully saturated rings. The van der Waals surface area contributed by atoms with Crippen molar-refractivity contribution in [3.63, 3.8) is 0 Å². The van der Waals surface area contributed by atoms with Crippen LogP contribution in [0.1, 0.15) is 31.8 Å². The van der Waals surface area contributed by atoms with Gasteiger partial charge in [0.1, 0.15) is 6.54 Å². The molecule has 4 N–H and O–H groups in total. The van der Waals surface area contributed by atoms with Gasteiger partial charge in [0.2, 0.25) is 5.91 Å². The highest BCUT2D eigenvalue weighted by atomic mass is 35.5. The molecule has 3 aromatic carbocycles. The van der Waals surface area contributed by atoms with E-state index < -0.39 is 0 Å². The number of nitrogens with zero attached hydrogens (tertiary/aromatic N) is 1. The van der Waals surface area contributed by atoms with Gasteiger partial charge in [-0.05, 0) is 47.5 Å². The molecule has 0 saturated carbocycles. The van der Waals surface area contributed by atoms with Crippen LogP contribution in [0.5, 0.6) is 0 Å². The molecule has 1 aliphatic heterocycles. The Kier molecular flexibility index (Phi) is 6.20. The van der Waals surface area contributed by atoms with Gasteiger partial charge >= 0.3 is 0 Å². The second-order valence-corrected chi connectivity index (χ2v) is 7.82. The fraction of sp³-hybridized carbons (Fsp3) is 0.125. The zero-order valence-corrected chi connectivity index (χ0v) is 17.9. The number of halogens is 1. The molecule has 0 bridgehead atoms. The second kappa shape index (κ2) is 9.21. The highest BCUT2D eigenvalue weighted by molar-refractivity contribution is 6.31. The molecule has 3 aromatic rings. The Morgan fingerprint density at radius 1 is 1.00 bits per heavy atom. The van der Waals surface area contributed by atoms with E-state index in [0.717, 1.165) is 11.1 Å². The number of nitrogens with one attached hydrogen (secondary N) is 2. The normalized spacial score (nSPS) is 12.7. The predicted molar refractivity (Wildman–Crippen MR) is 124 cm³/mol. The highest BCUT2D eigenvalue weighted by Crippen LogP contribution is 2.32. The van der Waals surface area contributed by atoms with Crippen molar-refractivity contribution in [2.24, 2.45) is 5.73 Å². The summed E-state index contributed by atoms with van der Waals surface area (Å²) in [5.74, 6) is -0.983. The standard InChI is InChI=1S/C24H21ClN4O3/c25-19-6-2-5-18(10-19)24(32)29-14-22(30)28-20-11-17(7-8-21(20)29)23(31)27-13-16-4-1-3-15(9-16)12-26/h1-11H,12-14,26H2,(H,27,31)(H,28,30). The van der Waals surface area contributed by atoms with Crippen molar-refractivity contribution in [2.75, 3.05) is 16.8 Å². The zero-order valence-electron chi connectivity index (χ0n) is 17.1. The molecule has 0 spiro atoms. The molecule has 3 amide bonds.